The Balaban J connectivity index is 2.08. The van der Waals surface area contributed by atoms with Gasteiger partial charge in [-0.1, -0.05) is 13.3 Å². The fourth-order valence-electron chi connectivity index (χ4n) is 2.59. The molecule has 0 spiro atoms. The van der Waals surface area contributed by atoms with Crippen LogP contribution in [0.15, 0.2) is 12.1 Å². The van der Waals surface area contributed by atoms with E-state index in [1.54, 1.807) is 6.07 Å². The van der Waals surface area contributed by atoms with Crippen molar-refractivity contribution in [2.75, 3.05) is 25.6 Å². The van der Waals surface area contributed by atoms with E-state index < -0.39 is 0 Å². The third-order valence-corrected chi connectivity index (χ3v) is 3.93. The number of anilines is 1. The second-order valence-electron chi connectivity index (χ2n) is 5.62. The Labute approximate surface area is 126 Å². The number of nitrogens with one attached hydrogen (secondary N) is 2. The maximum Gasteiger partial charge on any atom is 0.251 e. The van der Waals surface area contributed by atoms with Gasteiger partial charge in [-0.2, -0.15) is 0 Å². The van der Waals surface area contributed by atoms with Gasteiger partial charge < -0.3 is 15.4 Å². The molecule has 5 nitrogen and oxygen atoms in total. The van der Waals surface area contributed by atoms with Crippen molar-refractivity contribution in [2.45, 2.75) is 39.2 Å². The fourth-order valence-corrected chi connectivity index (χ4v) is 2.59. The van der Waals surface area contributed by atoms with Crippen LogP contribution in [0.4, 0.5) is 5.82 Å². The highest BCUT2D eigenvalue weighted by molar-refractivity contribution is 5.95. The van der Waals surface area contributed by atoms with Crippen molar-refractivity contribution in [2.24, 2.45) is 5.92 Å². The molecule has 1 aromatic heterocycles. The fraction of sp³-hybridized carbons (Fsp3) is 0.625. The van der Waals surface area contributed by atoms with E-state index in [2.05, 4.69) is 22.5 Å². The lowest BCUT2D eigenvalue weighted by Gasteiger charge is -2.19. The number of carbonyl (C=O) groups excluding carboxylic acids is 1. The van der Waals surface area contributed by atoms with Gasteiger partial charge >= 0.3 is 0 Å². The maximum atomic E-state index is 12.4. The molecule has 2 rings (SSSR count). The Morgan fingerprint density at radius 1 is 1.52 bits per heavy atom. The van der Waals surface area contributed by atoms with Gasteiger partial charge in [0.1, 0.15) is 5.82 Å². The first-order valence-electron chi connectivity index (χ1n) is 7.71. The standard InChI is InChI=1S/C16H25N3O2/c1-4-5-14-8-13(9-15(17-3)19-14)16(20)18-11(2)12-6-7-21-10-12/h8-9,11-12H,4-7,10H2,1-3H3,(H,17,19)(H,18,20). The van der Waals surface area contributed by atoms with Gasteiger partial charge in [-0.25, -0.2) is 4.98 Å². The van der Waals surface area contributed by atoms with Crippen LogP contribution in [0.25, 0.3) is 0 Å². The van der Waals surface area contributed by atoms with Crippen LogP contribution in [-0.2, 0) is 11.2 Å². The summed E-state index contributed by atoms with van der Waals surface area (Å²) in [6, 6.07) is 3.81. The van der Waals surface area contributed by atoms with Gasteiger partial charge in [0, 0.05) is 36.9 Å². The lowest BCUT2D eigenvalue weighted by atomic mass is 10.0. The SMILES string of the molecule is CCCc1cc(C(=O)NC(C)C2CCOC2)cc(NC)n1. The Morgan fingerprint density at radius 2 is 2.33 bits per heavy atom. The second kappa shape index (κ2) is 7.41. The number of rotatable bonds is 6. The van der Waals surface area contributed by atoms with Gasteiger partial charge in [-0.15, -0.1) is 0 Å². The lowest BCUT2D eigenvalue weighted by molar-refractivity contribution is 0.0922. The van der Waals surface area contributed by atoms with Crippen LogP contribution in [-0.4, -0.2) is 37.2 Å². The molecule has 2 N–H and O–H groups in total. The van der Waals surface area contributed by atoms with Gasteiger partial charge in [0.15, 0.2) is 0 Å². The summed E-state index contributed by atoms with van der Waals surface area (Å²) in [5.41, 5.74) is 1.62. The Kier molecular flexibility index (Phi) is 5.56. The van der Waals surface area contributed by atoms with E-state index in [9.17, 15) is 4.79 Å². The molecule has 21 heavy (non-hydrogen) atoms. The summed E-state index contributed by atoms with van der Waals surface area (Å²) < 4.78 is 5.38. The molecule has 1 aliphatic heterocycles. The molecular formula is C16H25N3O2. The van der Waals surface area contributed by atoms with Crippen molar-refractivity contribution in [3.8, 4) is 0 Å². The third kappa shape index (κ3) is 4.17. The van der Waals surface area contributed by atoms with Crippen molar-refractivity contribution in [1.29, 1.82) is 0 Å². The molecule has 0 bridgehead atoms. The predicted octanol–water partition coefficient (Wildman–Crippen LogP) is 2.23. The first-order valence-corrected chi connectivity index (χ1v) is 7.71. The smallest absolute Gasteiger partial charge is 0.251 e. The minimum absolute atomic E-state index is 0.0364. The molecule has 116 valence electrons. The summed E-state index contributed by atoms with van der Waals surface area (Å²) in [4.78, 5) is 16.9. The van der Waals surface area contributed by atoms with Crippen molar-refractivity contribution in [3.63, 3.8) is 0 Å². The van der Waals surface area contributed by atoms with E-state index in [4.69, 9.17) is 4.74 Å². The average Bonchev–Trinajstić information content (AvgIpc) is 3.01. The van der Waals surface area contributed by atoms with Crippen LogP contribution >= 0.6 is 0 Å². The number of pyridine rings is 1. The minimum Gasteiger partial charge on any atom is -0.381 e. The van der Waals surface area contributed by atoms with E-state index in [0.717, 1.165) is 44.0 Å². The van der Waals surface area contributed by atoms with Crippen LogP contribution in [0.2, 0.25) is 0 Å². The zero-order valence-corrected chi connectivity index (χ0v) is 13.1. The van der Waals surface area contributed by atoms with Gasteiger partial charge in [0.05, 0.1) is 6.61 Å². The molecule has 1 fully saturated rings. The monoisotopic (exact) mass is 291 g/mol. The summed E-state index contributed by atoms with van der Waals surface area (Å²) in [7, 11) is 1.82. The van der Waals surface area contributed by atoms with Gasteiger partial charge in [-0.05, 0) is 31.9 Å². The topological polar surface area (TPSA) is 63.2 Å². The number of hydrogen-bond acceptors (Lipinski definition) is 4. The molecule has 1 saturated heterocycles. The molecule has 5 heteroatoms. The lowest BCUT2D eigenvalue weighted by Crippen LogP contribution is -2.38. The maximum absolute atomic E-state index is 12.4. The quantitative estimate of drug-likeness (QED) is 0.843. The number of ether oxygens (including phenoxy) is 1. The zero-order valence-electron chi connectivity index (χ0n) is 13.1. The average molecular weight is 291 g/mol. The second-order valence-corrected chi connectivity index (χ2v) is 5.62. The molecule has 2 atom stereocenters. The largest absolute Gasteiger partial charge is 0.381 e. The number of hydrogen-bond donors (Lipinski definition) is 2. The van der Waals surface area contributed by atoms with Crippen LogP contribution in [0.3, 0.4) is 0 Å². The van der Waals surface area contributed by atoms with E-state index >= 15 is 0 Å². The summed E-state index contributed by atoms with van der Waals surface area (Å²) >= 11 is 0. The molecule has 0 saturated carbocycles. The first-order chi connectivity index (χ1) is 10.1. The summed E-state index contributed by atoms with van der Waals surface area (Å²) in [6.07, 6.45) is 2.90. The Hall–Kier alpha value is -1.62. The summed E-state index contributed by atoms with van der Waals surface area (Å²) in [5.74, 6) is 1.11. The van der Waals surface area contributed by atoms with Crippen molar-refractivity contribution >= 4 is 11.7 Å². The normalized spacial score (nSPS) is 19.3. The Bertz CT molecular complexity index is 484. The summed E-state index contributed by atoms with van der Waals surface area (Å²) in [5, 5.41) is 6.10. The minimum atomic E-state index is -0.0364. The van der Waals surface area contributed by atoms with Crippen LogP contribution in [0.1, 0.15) is 42.7 Å². The highest BCUT2D eigenvalue weighted by Gasteiger charge is 2.24. The third-order valence-electron chi connectivity index (χ3n) is 3.93. The van der Waals surface area contributed by atoms with Crippen molar-refractivity contribution in [1.82, 2.24) is 10.3 Å². The van der Waals surface area contributed by atoms with Crippen LogP contribution < -0.4 is 10.6 Å². The van der Waals surface area contributed by atoms with Crippen molar-refractivity contribution in [3.05, 3.63) is 23.4 Å². The van der Waals surface area contributed by atoms with Gasteiger partial charge in [0.25, 0.3) is 5.91 Å². The van der Waals surface area contributed by atoms with Crippen molar-refractivity contribution < 1.29 is 9.53 Å². The summed E-state index contributed by atoms with van der Waals surface area (Å²) in [6.45, 7) is 5.69. The molecular weight excluding hydrogens is 266 g/mol. The predicted molar refractivity (Wildman–Crippen MR) is 83.6 cm³/mol. The zero-order chi connectivity index (χ0) is 15.2. The van der Waals surface area contributed by atoms with Crippen LogP contribution in [0.5, 0.6) is 0 Å². The first kappa shape index (κ1) is 15.8. The molecule has 0 radical (unpaired) electrons. The number of aryl methyl sites for hydroxylation is 1. The molecule has 0 aliphatic carbocycles. The van der Waals surface area contributed by atoms with E-state index in [-0.39, 0.29) is 11.9 Å². The van der Waals surface area contributed by atoms with Gasteiger partial charge in [0.2, 0.25) is 0 Å². The number of carbonyl (C=O) groups is 1. The Morgan fingerprint density at radius 3 is 2.95 bits per heavy atom. The highest BCUT2D eigenvalue weighted by atomic mass is 16.5. The molecule has 1 aliphatic rings. The molecule has 0 aromatic carbocycles. The van der Waals surface area contributed by atoms with E-state index in [0.29, 0.717) is 11.5 Å². The van der Waals surface area contributed by atoms with Gasteiger partial charge in [-0.3, -0.25) is 4.79 Å². The molecule has 1 aromatic rings. The molecule has 2 unspecified atom stereocenters. The molecule has 2 heterocycles. The number of nitrogens with zero attached hydrogens (tertiary/aromatic N) is 1. The van der Waals surface area contributed by atoms with E-state index in [1.165, 1.54) is 0 Å². The molecule has 1 amide bonds. The highest BCUT2D eigenvalue weighted by Crippen LogP contribution is 2.17. The number of aromatic nitrogens is 1. The van der Waals surface area contributed by atoms with Crippen LogP contribution in [0, 0.1) is 5.92 Å². The number of amides is 1. The van der Waals surface area contributed by atoms with E-state index in [1.807, 2.05) is 20.0 Å².